The number of benzene rings is 1. The first-order valence-electron chi connectivity index (χ1n) is 8.59. The minimum atomic E-state index is 0.477. The molecule has 2 heterocycles. The van der Waals surface area contributed by atoms with Crippen molar-refractivity contribution in [2.45, 2.75) is 50.0 Å². The molecule has 0 radical (unpaired) electrons. The Bertz CT molecular complexity index is 701. The number of rotatable bonds is 0. The summed E-state index contributed by atoms with van der Waals surface area (Å²) in [5, 5.41) is 1.52. The zero-order valence-electron chi connectivity index (χ0n) is 12.9. The van der Waals surface area contributed by atoms with Crippen LogP contribution in [0.5, 0.6) is 0 Å². The van der Waals surface area contributed by atoms with Gasteiger partial charge in [0.25, 0.3) is 0 Å². The number of aromatic nitrogens is 1. The first kappa shape index (κ1) is 12.3. The lowest BCUT2D eigenvalue weighted by atomic mass is 9.52. The predicted octanol–water partition coefficient (Wildman–Crippen LogP) is 3.86. The molecule has 0 spiro atoms. The maximum atomic E-state index is 3.43. The van der Waals surface area contributed by atoms with Crippen LogP contribution in [0.15, 0.2) is 24.4 Å². The third-order valence-corrected chi connectivity index (χ3v) is 6.79. The highest BCUT2D eigenvalue weighted by molar-refractivity contribution is 5.86. The number of nitrogens with zero attached hydrogens (tertiary/aromatic N) is 1. The van der Waals surface area contributed by atoms with Gasteiger partial charge in [-0.2, -0.15) is 0 Å². The van der Waals surface area contributed by atoms with E-state index in [0.29, 0.717) is 5.41 Å². The Kier molecular flexibility index (Phi) is 2.42. The fourth-order valence-electron chi connectivity index (χ4n) is 5.88. The van der Waals surface area contributed by atoms with E-state index in [2.05, 4.69) is 41.3 Å². The van der Waals surface area contributed by atoms with E-state index in [9.17, 15) is 0 Å². The van der Waals surface area contributed by atoms with Crippen molar-refractivity contribution >= 4 is 10.9 Å². The standard InChI is InChI=1S/C19H24N2/c1-21-11-9-19-8-3-2-4-15(19)17(21)12-13-5-6-16-14(18(13)19)7-10-20-16/h5-7,10,15,17,20H,2-4,8-9,11-12H2,1H3. The molecule has 0 amide bonds. The number of likely N-dealkylation sites (tertiary alicyclic amines) is 1. The second-order valence-corrected chi connectivity index (χ2v) is 7.55. The Labute approximate surface area is 126 Å². The summed E-state index contributed by atoms with van der Waals surface area (Å²) >= 11 is 0. The highest BCUT2D eigenvalue weighted by Gasteiger charge is 2.53. The predicted molar refractivity (Wildman–Crippen MR) is 86.7 cm³/mol. The second kappa shape index (κ2) is 4.13. The van der Waals surface area contributed by atoms with E-state index in [4.69, 9.17) is 0 Å². The molecule has 1 aromatic carbocycles. The Hall–Kier alpha value is -1.28. The van der Waals surface area contributed by atoms with Crippen LogP contribution in [0, 0.1) is 5.92 Å². The van der Waals surface area contributed by atoms with Crippen molar-refractivity contribution in [3.05, 3.63) is 35.5 Å². The van der Waals surface area contributed by atoms with E-state index < -0.39 is 0 Å². The number of nitrogens with one attached hydrogen (secondary N) is 1. The van der Waals surface area contributed by atoms with Gasteiger partial charge in [0.15, 0.2) is 0 Å². The lowest BCUT2D eigenvalue weighted by Crippen LogP contribution is -2.59. The van der Waals surface area contributed by atoms with Crippen LogP contribution in [0.4, 0.5) is 0 Å². The van der Waals surface area contributed by atoms with Crippen molar-refractivity contribution in [2.24, 2.45) is 5.92 Å². The minimum Gasteiger partial charge on any atom is -0.361 e. The van der Waals surface area contributed by atoms with Gasteiger partial charge in [-0.25, -0.2) is 0 Å². The van der Waals surface area contributed by atoms with Crippen molar-refractivity contribution in [1.29, 1.82) is 0 Å². The fraction of sp³-hybridized carbons (Fsp3) is 0.579. The Morgan fingerprint density at radius 1 is 1.19 bits per heavy atom. The van der Waals surface area contributed by atoms with E-state index in [-0.39, 0.29) is 0 Å². The minimum absolute atomic E-state index is 0.477. The number of aromatic amines is 1. The molecule has 5 rings (SSSR count). The molecule has 1 aliphatic heterocycles. The van der Waals surface area contributed by atoms with Gasteiger partial charge in [-0.05, 0) is 68.5 Å². The molecule has 21 heavy (non-hydrogen) atoms. The number of fused-ring (bicyclic) bond motifs is 3. The summed E-state index contributed by atoms with van der Waals surface area (Å²) in [5.41, 5.74) is 5.18. The zero-order chi connectivity index (χ0) is 14.0. The summed E-state index contributed by atoms with van der Waals surface area (Å²) in [6.45, 7) is 1.28. The third kappa shape index (κ3) is 1.47. The highest BCUT2D eigenvalue weighted by Crippen LogP contribution is 2.56. The third-order valence-electron chi connectivity index (χ3n) is 6.79. The van der Waals surface area contributed by atoms with Gasteiger partial charge in [-0.15, -0.1) is 0 Å². The summed E-state index contributed by atoms with van der Waals surface area (Å²) in [6.07, 6.45) is 10.5. The van der Waals surface area contributed by atoms with Crippen molar-refractivity contribution in [1.82, 2.24) is 9.88 Å². The Morgan fingerprint density at radius 2 is 2.14 bits per heavy atom. The van der Waals surface area contributed by atoms with Gasteiger partial charge in [-0.1, -0.05) is 18.9 Å². The molecule has 3 aliphatic rings. The van der Waals surface area contributed by atoms with E-state index in [1.165, 1.54) is 56.0 Å². The number of H-pyrrole nitrogens is 1. The first-order chi connectivity index (χ1) is 10.3. The molecule has 2 bridgehead atoms. The van der Waals surface area contributed by atoms with Gasteiger partial charge in [-0.3, -0.25) is 0 Å². The van der Waals surface area contributed by atoms with Crippen LogP contribution in [-0.2, 0) is 11.8 Å². The number of likely N-dealkylation sites (N-methyl/N-ethyl adjacent to an activating group) is 1. The molecule has 1 aromatic heterocycles. The van der Waals surface area contributed by atoms with Gasteiger partial charge in [0.05, 0.1) is 0 Å². The zero-order valence-corrected chi connectivity index (χ0v) is 12.9. The molecule has 1 saturated heterocycles. The largest absolute Gasteiger partial charge is 0.361 e. The molecule has 2 aliphatic carbocycles. The molecule has 110 valence electrons. The van der Waals surface area contributed by atoms with E-state index in [0.717, 1.165) is 12.0 Å². The molecule has 2 heteroatoms. The van der Waals surface area contributed by atoms with E-state index >= 15 is 0 Å². The van der Waals surface area contributed by atoms with Gasteiger partial charge < -0.3 is 9.88 Å². The van der Waals surface area contributed by atoms with E-state index in [1.54, 1.807) is 11.1 Å². The second-order valence-electron chi connectivity index (χ2n) is 7.55. The van der Waals surface area contributed by atoms with Gasteiger partial charge in [0.1, 0.15) is 0 Å². The summed E-state index contributed by atoms with van der Waals surface area (Å²) in [6, 6.07) is 7.81. The Balaban J connectivity index is 1.82. The van der Waals surface area contributed by atoms with Crippen LogP contribution in [-0.4, -0.2) is 29.5 Å². The van der Waals surface area contributed by atoms with Crippen LogP contribution in [0.1, 0.15) is 43.2 Å². The smallest absolute Gasteiger partial charge is 0.0457 e. The van der Waals surface area contributed by atoms with Crippen LogP contribution in [0.25, 0.3) is 10.9 Å². The first-order valence-corrected chi connectivity index (χ1v) is 8.59. The SMILES string of the molecule is CN1CCC23CCCCC2C1Cc1ccc2[nH]ccc2c13. The van der Waals surface area contributed by atoms with Crippen molar-refractivity contribution in [3.63, 3.8) is 0 Å². The molecule has 3 atom stereocenters. The monoisotopic (exact) mass is 280 g/mol. The Morgan fingerprint density at radius 3 is 3.10 bits per heavy atom. The quantitative estimate of drug-likeness (QED) is 0.776. The van der Waals surface area contributed by atoms with Crippen molar-refractivity contribution in [3.8, 4) is 0 Å². The van der Waals surface area contributed by atoms with Crippen LogP contribution < -0.4 is 0 Å². The average molecular weight is 280 g/mol. The summed E-state index contributed by atoms with van der Waals surface area (Å²) in [5.74, 6) is 0.887. The van der Waals surface area contributed by atoms with Crippen molar-refractivity contribution in [2.75, 3.05) is 13.6 Å². The normalized spacial score (nSPS) is 35.5. The summed E-state index contributed by atoms with van der Waals surface area (Å²) < 4.78 is 0. The lowest BCUT2D eigenvalue weighted by Gasteiger charge is -2.58. The summed E-state index contributed by atoms with van der Waals surface area (Å²) in [7, 11) is 2.35. The molecular weight excluding hydrogens is 256 g/mol. The molecule has 3 unspecified atom stereocenters. The molecule has 1 saturated carbocycles. The topological polar surface area (TPSA) is 19.0 Å². The van der Waals surface area contributed by atoms with Crippen LogP contribution >= 0.6 is 0 Å². The lowest BCUT2D eigenvalue weighted by molar-refractivity contribution is 0.00381. The van der Waals surface area contributed by atoms with Crippen LogP contribution in [0.2, 0.25) is 0 Å². The number of hydrogen-bond acceptors (Lipinski definition) is 1. The highest BCUT2D eigenvalue weighted by atomic mass is 15.1. The maximum absolute atomic E-state index is 3.43. The molecule has 1 N–H and O–H groups in total. The summed E-state index contributed by atoms with van der Waals surface area (Å²) in [4.78, 5) is 6.09. The maximum Gasteiger partial charge on any atom is 0.0457 e. The van der Waals surface area contributed by atoms with Gasteiger partial charge in [0, 0.05) is 28.6 Å². The molecular formula is C19H24N2. The fourth-order valence-corrected chi connectivity index (χ4v) is 5.88. The number of hydrogen-bond donors (Lipinski definition) is 1. The van der Waals surface area contributed by atoms with E-state index in [1.807, 2.05) is 0 Å². The van der Waals surface area contributed by atoms with Crippen molar-refractivity contribution < 1.29 is 0 Å². The van der Waals surface area contributed by atoms with Crippen LogP contribution in [0.3, 0.4) is 0 Å². The molecule has 2 nitrogen and oxygen atoms in total. The average Bonchev–Trinajstić information content (AvgIpc) is 2.99. The van der Waals surface area contributed by atoms with Gasteiger partial charge >= 0.3 is 0 Å². The number of piperidine rings is 1. The molecule has 2 aromatic rings. The molecule has 2 fully saturated rings. The van der Waals surface area contributed by atoms with Gasteiger partial charge in [0.2, 0.25) is 0 Å².